The molecule has 0 aromatic rings. The summed E-state index contributed by atoms with van der Waals surface area (Å²) in [5, 5.41) is 0. The fourth-order valence-corrected chi connectivity index (χ4v) is 0.683. The van der Waals surface area contributed by atoms with Crippen molar-refractivity contribution >= 4 is 16.5 Å². The quantitative estimate of drug-likeness (QED) is 0.285. The van der Waals surface area contributed by atoms with Crippen LogP contribution in [0.4, 0.5) is 0 Å². The van der Waals surface area contributed by atoms with Gasteiger partial charge in [0.1, 0.15) is 7.28 Å². The van der Waals surface area contributed by atoms with E-state index in [1.54, 1.807) is 0 Å². The summed E-state index contributed by atoms with van der Waals surface area (Å²) in [6.45, 7) is 2.22. The highest BCUT2D eigenvalue weighted by Gasteiger charge is 1.77. The lowest BCUT2D eigenvalue weighted by atomic mass is 9.77. The molecular weight excluding hydrogens is 89.8 g/mol. The van der Waals surface area contributed by atoms with Crippen LogP contribution in [0.5, 0.6) is 0 Å². The lowest BCUT2D eigenvalue weighted by molar-refractivity contribution is 1.09. The van der Waals surface area contributed by atoms with Crippen LogP contribution in [0.1, 0.15) is 6.42 Å². The average molecular weight is 102 g/mol. The van der Waals surface area contributed by atoms with Gasteiger partial charge in [-0.2, -0.15) is 0 Å². The highest BCUT2D eigenvalue weighted by Crippen LogP contribution is 1.91. The van der Waals surface area contributed by atoms with E-state index < -0.39 is 0 Å². The summed E-state index contributed by atoms with van der Waals surface area (Å²) in [7, 11) is 4.07. The summed E-state index contributed by atoms with van der Waals surface area (Å²) in [6.07, 6.45) is 4.04. The summed E-state index contributed by atoms with van der Waals surface area (Å²) in [4.78, 5) is 0. The third-order valence-corrected chi connectivity index (χ3v) is 1.22. The van der Waals surface area contributed by atoms with Gasteiger partial charge in [0.15, 0.2) is 0 Å². The lowest BCUT2D eigenvalue weighted by Crippen LogP contribution is -1.79. The molecule has 0 aromatic carbocycles. The standard InChI is InChI=1S/C4H12BP/c1-5-3-2-4-6/h5H,2-4,6H2,1H3. The Labute approximate surface area is 43.2 Å². The summed E-state index contributed by atoms with van der Waals surface area (Å²) < 4.78 is 0. The van der Waals surface area contributed by atoms with E-state index in [0.29, 0.717) is 0 Å². The number of hydrogen-bond donors (Lipinski definition) is 0. The maximum Gasteiger partial charge on any atom is 0.117 e. The molecular formula is C4H12BP. The molecule has 0 radical (unpaired) electrons. The van der Waals surface area contributed by atoms with Gasteiger partial charge in [0, 0.05) is 0 Å². The molecule has 0 fully saturated rings. The minimum Gasteiger partial charge on any atom is -0.138 e. The molecule has 0 saturated heterocycles. The molecule has 0 amide bonds. The van der Waals surface area contributed by atoms with E-state index in [0.717, 1.165) is 0 Å². The maximum atomic E-state index is 2.73. The Balaban J connectivity index is 2.34. The predicted octanol–water partition coefficient (Wildman–Crippen LogP) is 1.15. The molecule has 0 aliphatic rings. The third-order valence-electron chi connectivity index (χ3n) is 0.808. The molecule has 0 saturated carbocycles. The molecule has 0 aliphatic carbocycles. The topological polar surface area (TPSA) is 0 Å². The van der Waals surface area contributed by atoms with Crippen molar-refractivity contribution in [3.8, 4) is 0 Å². The van der Waals surface area contributed by atoms with Crippen LogP contribution in [-0.2, 0) is 0 Å². The first-order chi connectivity index (χ1) is 2.91. The van der Waals surface area contributed by atoms with Gasteiger partial charge in [0.2, 0.25) is 0 Å². The largest absolute Gasteiger partial charge is 0.138 e. The monoisotopic (exact) mass is 102 g/mol. The van der Waals surface area contributed by atoms with E-state index in [1.807, 2.05) is 0 Å². The molecule has 0 aliphatic heterocycles. The van der Waals surface area contributed by atoms with E-state index >= 15 is 0 Å². The number of hydrogen-bond acceptors (Lipinski definition) is 0. The molecule has 0 rings (SSSR count). The van der Waals surface area contributed by atoms with Gasteiger partial charge in [-0.1, -0.05) is 19.6 Å². The van der Waals surface area contributed by atoms with Gasteiger partial charge >= 0.3 is 0 Å². The molecule has 0 heterocycles. The van der Waals surface area contributed by atoms with Crippen LogP contribution >= 0.6 is 9.24 Å². The smallest absolute Gasteiger partial charge is 0.117 e. The predicted molar refractivity (Wildman–Crippen MR) is 37.0 cm³/mol. The van der Waals surface area contributed by atoms with Crippen molar-refractivity contribution in [2.75, 3.05) is 6.16 Å². The van der Waals surface area contributed by atoms with Crippen LogP contribution in [0.2, 0.25) is 13.1 Å². The van der Waals surface area contributed by atoms with E-state index in [-0.39, 0.29) is 0 Å². The second kappa shape index (κ2) is 5.49. The van der Waals surface area contributed by atoms with Crippen LogP contribution < -0.4 is 0 Å². The van der Waals surface area contributed by atoms with Gasteiger partial charge < -0.3 is 0 Å². The van der Waals surface area contributed by atoms with Gasteiger partial charge in [-0.15, -0.1) is 9.24 Å². The first kappa shape index (κ1) is 6.49. The minimum absolute atomic E-state index is 1.27. The van der Waals surface area contributed by atoms with Gasteiger partial charge in [0.05, 0.1) is 0 Å². The Bertz CT molecular complexity index is 19.5. The van der Waals surface area contributed by atoms with Crippen molar-refractivity contribution in [2.24, 2.45) is 0 Å². The summed E-state index contributed by atoms with van der Waals surface area (Å²) >= 11 is 0. The molecule has 0 aromatic heterocycles. The lowest BCUT2D eigenvalue weighted by Gasteiger charge is -1.84. The number of rotatable bonds is 3. The summed E-state index contributed by atoms with van der Waals surface area (Å²) in [5.74, 6) is 0. The zero-order valence-electron chi connectivity index (χ0n) is 4.41. The second-order valence-corrected chi connectivity index (χ2v) is 2.07. The SMILES string of the molecule is CBCCCP. The van der Waals surface area contributed by atoms with Crippen LogP contribution in [0, 0.1) is 0 Å². The maximum absolute atomic E-state index is 2.73. The Morgan fingerprint density at radius 3 is 2.50 bits per heavy atom. The zero-order chi connectivity index (χ0) is 4.83. The van der Waals surface area contributed by atoms with Gasteiger partial charge in [0.25, 0.3) is 0 Å². The van der Waals surface area contributed by atoms with Crippen LogP contribution in [0.25, 0.3) is 0 Å². The molecule has 0 spiro atoms. The molecule has 2 heteroatoms. The van der Waals surface area contributed by atoms with E-state index in [1.165, 1.54) is 26.2 Å². The normalized spacial score (nSPS) is 8.33. The highest BCUT2D eigenvalue weighted by molar-refractivity contribution is 7.16. The van der Waals surface area contributed by atoms with E-state index in [4.69, 9.17) is 0 Å². The minimum atomic E-state index is 1.27. The second-order valence-electron chi connectivity index (χ2n) is 1.50. The van der Waals surface area contributed by atoms with Crippen LogP contribution in [0.15, 0.2) is 0 Å². The van der Waals surface area contributed by atoms with Crippen molar-refractivity contribution in [1.82, 2.24) is 0 Å². The van der Waals surface area contributed by atoms with Crippen molar-refractivity contribution in [3.05, 3.63) is 0 Å². The van der Waals surface area contributed by atoms with Crippen molar-refractivity contribution in [3.63, 3.8) is 0 Å². The molecule has 0 nitrogen and oxygen atoms in total. The average Bonchev–Trinajstić information content (AvgIpc) is 1.61. The summed E-state index contributed by atoms with van der Waals surface area (Å²) in [5.41, 5.74) is 0. The third kappa shape index (κ3) is 4.49. The van der Waals surface area contributed by atoms with E-state index in [2.05, 4.69) is 16.1 Å². The molecule has 0 bridgehead atoms. The van der Waals surface area contributed by atoms with Gasteiger partial charge in [-0.05, 0) is 6.16 Å². The Kier molecular flexibility index (Phi) is 5.95. The molecule has 1 unspecified atom stereocenters. The van der Waals surface area contributed by atoms with Crippen molar-refractivity contribution in [1.29, 1.82) is 0 Å². The summed E-state index contributed by atoms with van der Waals surface area (Å²) in [6, 6.07) is 0. The molecule has 1 atom stereocenters. The highest BCUT2D eigenvalue weighted by atomic mass is 31.0. The first-order valence-corrected chi connectivity index (χ1v) is 3.43. The van der Waals surface area contributed by atoms with Crippen molar-refractivity contribution < 1.29 is 0 Å². The van der Waals surface area contributed by atoms with E-state index in [9.17, 15) is 0 Å². The van der Waals surface area contributed by atoms with Gasteiger partial charge in [-0.25, -0.2) is 0 Å². The zero-order valence-corrected chi connectivity index (χ0v) is 5.56. The Morgan fingerprint density at radius 1 is 1.67 bits per heavy atom. The Morgan fingerprint density at radius 2 is 2.33 bits per heavy atom. The Hall–Kier alpha value is 0.495. The molecule has 6 heavy (non-hydrogen) atoms. The fraction of sp³-hybridized carbons (Fsp3) is 1.00. The van der Waals surface area contributed by atoms with Crippen molar-refractivity contribution in [2.45, 2.75) is 19.6 Å². The molecule has 36 valence electrons. The molecule has 0 N–H and O–H groups in total. The first-order valence-electron chi connectivity index (χ1n) is 2.62. The van der Waals surface area contributed by atoms with Gasteiger partial charge in [-0.3, -0.25) is 0 Å². The fourth-order valence-electron chi connectivity index (χ4n) is 0.394. The van der Waals surface area contributed by atoms with Crippen LogP contribution in [-0.4, -0.2) is 13.4 Å². The van der Waals surface area contributed by atoms with Crippen LogP contribution in [0.3, 0.4) is 0 Å².